The topological polar surface area (TPSA) is 48.6 Å². The van der Waals surface area contributed by atoms with Gasteiger partial charge in [0.25, 0.3) is 0 Å². The molecule has 1 aliphatic carbocycles. The monoisotopic (exact) mass is 413 g/mol. The van der Waals surface area contributed by atoms with Gasteiger partial charge in [0.15, 0.2) is 5.17 Å². The molecule has 2 aliphatic rings. The molecule has 1 aromatic rings. The van der Waals surface area contributed by atoms with E-state index in [2.05, 4.69) is 52.5 Å². The van der Waals surface area contributed by atoms with Crippen molar-refractivity contribution in [2.24, 2.45) is 10.9 Å². The van der Waals surface area contributed by atoms with Crippen molar-refractivity contribution in [1.29, 1.82) is 5.26 Å². The first-order chi connectivity index (χ1) is 13.7. The van der Waals surface area contributed by atoms with Crippen LogP contribution in [0.15, 0.2) is 17.1 Å². The number of thioether (sulfide) groups is 1. The van der Waals surface area contributed by atoms with Gasteiger partial charge in [-0.1, -0.05) is 25.6 Å². The molecule has 1 aliphatic heterocycles. The first-order valence-corrected chi connectivity index (χ1v) is 11.9. The normalized spacial score (nSPS) is 22.1. The van der Waals surface area contributed by atoms with E-state index in [1.165, 1.54) is 24.0 Å². The van der Waals surface area contributed by atoms with Crippen LogP contribution in [0.25, 0.3) is 0 Å². The summed E-state index contributed by atoms with van der Waals surface area (Å²) in [5.74, 6) is 1.56. The lowest BCUT2D eigenvalue weighted by molar-refractivity contribution is -0.0737. The third-order valence-corrected chi connectivity index (χ3v) is 6.61. The number of benzene rings is 1. The second-order valence-corrected chi connectivity index (χ2v) is 10.6. The predicted molar refractivity (Wildman–Crippen MR) is 123 cm³/mol. The van der Waals surface area contributed by atoms with Gasteiger partial charge < -0.3 is 9.64 Å². The number of hydrogen-bond acceptors (Lipinski definition) is 4. The summed E-state index contributed by atoms with van der Waals surface area (Å²) in [6.07, 6.45) is 4.52. The summed E-state index contributed by atoms with van der Waals surface area (Å²) < 4.78 is 6.31. The molecule has 0 unspecified atom stereocenters. The Labute approximate surface area is 180 Å². The molecule has 0 spiro atoms. The summed E-state index contributed by atoms with van der Waals surface area (Å²) >= 11 is 1.84. The van der Waals surface area contributed by atoms with E-state index in [-0.39, 0.29) is 11.7 Å². The van der Waals surface area contributed by atoms with Gasteiger partial charge in [-0.05, 0) is 82.6 Å². The Hall–Kier alpha value is -1.51. The van der Waals surface area contributed by atoms with Crippen LogP contribution in [0.1, 0.15) is 71.1 Å². The lowest BCUT2D eigenvalue weighted by Gasteiger charge is -2.35. The van der Waals surface area contributed by atoms with Crippen LogP contribution < -0.4 is 0 Å². The van der Waals surface area contributed by atoms with E-state index >= 15 is 0 Å². The molecule has 2 atom stereocenters. The maximum absolute atomic E-state index is 9.49. The van der Waals surface area contributed by atoms with Gasteiger partial charge in [0, 0.05) is 12.3 Å². The fraction of sp³-hybridized carbons (Fsp3) is 0.667. The molecule has 0 saturated carbocycles. The quantitative estimate of drug-likeness (QED) is 0.621. The van der Waals surface area contributed by atoms with Crippen LogP contribution in [0, 0.1) is 17.2 Å². The number of rotatable bonds is 5. The Morgan fingerprint density at radius 1 is 1.21 bits per heavy atom. The van der Waals surface area contributed by atoms with E-state index in [0.717, 1.165) is 41.6 Å². The summed E-state index contributed by atoms with van der Waals surface area (Å²) in [5, 5.41) is 10.6. The van der Waals surface area contributed by atoms with Crippen LogP contribution in [0.4, 0.5) is 5.69 Å². The Morgan fingerprint density at radius 3 is 2.52 bits per heavy atom. The fourth-order valence-electron chi connectivity index (χ4n) is 4.36. The number of amidine groups is 1. The number of aliphatic imine (C=N–C) groups is 1. The van der Waals surface area contributed by atoms with E-state index in [0.29, 0.717) is 12.0 Å². The highest BCUT2D eigenvalue weighted by molar-refractivity contribution is 8.14. The smallest absolute Gasteiger partial charge is 0.164 e. The summed E-state index contributed by atoms with van der Waals surface area (Å²) in [6.45, 7) is 14.1. The standard InChI is InChI=1S/C24H35N3OS/c1-16(2)14-27-22(17(3)28-24(4,5)6)15-29-23(27)26-21-12-11-18(13-25)19-9-7-8-10-20(19)21/h11-12,16-17,22H,7-10,14-15H2,1-6H3/t17-,22-/m1/s1. The minimum absolute atomic E-state index is 0.142. The number of hydrogen-bond donors (Lipinski definition) is 0. The summed E-state index contributed by atoms with van der Waals surface area (Å²) in [6, 6.07) is 6.71. The number of ether oxygens (including phenoxy) is 1. The van der Waals surface area contributed by atoms with Crippen LogP contribution in [0.3, 0.4) is 0 Å². The van der Waals surface area contributed by atoms with Crippen LogP contribution in [0.5, 0.6) is 0 Å². The highest BCUT2D eigenvalue weighted by atomic mass is 32.2. The Morgan fingerprint density at radius 2 is 1.90 bits per heavy atom. The zero-order chi connectivity index (χ0) is 21.2. The molecule has 1 aromatic carbocycles. The molecule has 5 heteroatoms. The largest absolute Gasteiger partial charge is 0.371 e. The van der Waals surface area contributed by atoms with Gasteiger partial charge in [-0.2, -0.15) is 5.26 Å². The van der Waals surface area contributed by atoms with Crippen molar-refractivity contribution in [3.63, 3.8) is 0 Å². The molecule has 0 bridgehead atoms. The van der Waals surface area contributed by atoms with Crippen molar-refractivity contribution in [2.45, 2.75) is 85.0 Å². The second-order valence-electron chi connectivity index (χ2n) is 9.66. The summed E-state index contributed by atoms with van der Waals surface area (Å²) in [5.41, 5.74) is 4.24. The molecule has 3 rings (SSSR count). The summed E-state index contributed by atoms with van der Waals surface area (Å²) in [7, 11) is 0. The zero-order valence-electron chi connectivity index (χ0n) is 18.8. The average molecular weight is 414 g/mol. The maximum Gasteiger partial charge on any atom is 0.164 e. The van der Waals surface area contributed by atoms with Gasteiger partial charge in [0.1, 0.15) is 0 Å². The Balaban J connectivity index is 1.93. The summed E-state index contributed by atoms with van der Waals surface area (Å²) in [4.78, 5) is 7.61. The van der Waals surface area contributed by atoms with Crippen LogP contribution >= 0.6 is 11.8 Å². The Kier molecular flexibility index (Phi) is 6.96. The van der Waals surface area contributed by atoms with Crippen molar-refractivity contribution in [3.8, 4) is 6.07 Å². The minimum Gasteiger partial charge on any atom is -0.371 e. The first-order valence-electron chi connectivity index (χ1n) is 10.9. The molecule has 0 N–H and O–H groups in total. The number of nitrogens with zero attached hydrogens (tertiary/aromatic N) is 3. The van der Waals surface area contributed by atoms with Crippen LogP contribution in [-0.2, 0) is 17.6 Å². The van der Waals surface area contributed by atoms with Crippen molar-refractivity contribution < 1.29 is 4.74 Å². The van der Waals surface area contributed by atoms with E-state index in [9.17, 15) is 5.26 Å². The molecule has 0 amide bonds. The van der Waals surface area contributed by atoms with Gasteiger partial charge in [-0.25, -0.2) is 4.99 Å². The van der Waals surface area contributed by atoms with Gasteiger partial charge in [0.2, 0.25) is 0 Å². The van der Waals surface area contributed by atoms with Gasteiger partial charge in [-0.3, -0.25) is 0 Å². The SMILES string of the molecule is CC(C)CN1C(=Nc2ccc(C#N)c3c2CCCC3)SC[C@@H]1[C@@H](C)OC(C)(C)C. The number of fused-ring (bicyclic) bond motifs is 1. The van der Waals surface area contributed by atoms with E-state index in [4.69, 9.17) is 9.73 Å². The molecule has 1 heterocycles. The molecule has 1 saturated heterocycles. The lowest BCUT2D eigenvalue weighted by atomic mass is 9.87. The highest BCUT2D eigenvalue weighted by Gasteiger charge is 2.36. The van der Waals surface area contributed by atoms with Crippen LogP contribution in [0.2, 0.25) is 0 Å². The fourth-order valence-corrected chi connectivity index (χ4v) is 5.67. The molecule has 158 valence electrons. The molecule has 1 fully saturated rings. The zero-order valence-corrected chi connectivity index (χ0v) is 19.6. The Bertz CT molecular complexity index is 804. The molecule has 29 heavy (non-hydrogen) atoms. The van der Waals surface area contributed by atoms with Crippen molar-refractivity contribution >= 4 is 22.6 Å². The van der Waals surface area contributed by atoms with E-state index < -0.39 is 0 Å². The predicted octanol–water partition coefficient (Wildman–Crippen LogP) is 5.70. The highest BCUT2D eigenvalue weighted by Crippen LogP contribution is 2.36. The van der Waals surface area contributed by atoms with Gasteiger partial charge in [-0.15, -0.1) is 0 Å². The molecule has 0 radical (unpaired) electrons. The molecular formula is C24H35N3OS. The van der Waals surface area contributed by atoms with Crippen molar-refractivity contribution in [3.05, 3.63) is 28.8 Å². The third kappa shape index (κ3) is 5.35. The second kappa shape index (κ2) is 9.10. The number of nitriles is 1. The minimum atomic E-state index is -0.153. The third-order valence-electron chi connectivity index (χ3n) is 5.52. The molecule has 0 aromatic heterocycles. The van der Waals surface area contributed by atoms with E-state index in [1.807, 2.05) is 23.9 Å². The molecule has 4 nitrogen and oxygen atoms in total. The van der Waals surface area contributed by atoms with Gasteiger partial charge in [0.05, 0.1) is 35.1 Å². The van der Waals surface area contributed by atoms with Crippen molar-refractivity contribution in [1.82, 2.24) is 4.90 Å². The van der Waals surface area contributed by atoms with Crippen molar-refractivity contribution in [2.75, 3.05) is 12.3 Å². The van der Waals surface area contributed by atoms with Crippen LogP contribution in [-0.4, -0.2) is 40.1 Å². The lowest BCUT2D eigenvalue weighted by Crippen LogP contribution is -2.46. The van der Waals surface area contributed by atoms with E-state index in [1.54, 1.807) is 0 Å². The average Bonchev–Trinajstić information content (AvgIpc) is 3.02. The maximum atomic E-state index is 9.49. The van der Waals surface area contributed by atoms with Gasteiger partial charge >= 0.3 is 0 Å². The first kappa shape index (κ1) is 22.2. The molecular weight excluding hydrogens is 378 g/mol.